The SMILES string of the molecule is CN=C(C=CN)C(=O)Nc1ccc(-c2ccc(N)c(/C(C)=C\N)c2)cc1C. The van der Waals surface area contributed by atoms with Crippen LogP contribution in [0.5, 0.6) is 0 Å². The van der Waals surface area contributed by atoms with Gasteiger partial charge in [-0.25, -0.2) is 0 Å². The molecule has 140 valence electrons. The average Bonchev–Trinajstić information content (AvgIpc) is 2.67. The van der Waals surface area contributed by atoms with Crippen molar-refractivity contribution in [1.29, 1.82) is 0 Å². The van der Waals surface area contributed by atoms with Crippen LogP contribution in [0.4, 0.5) is 11.4 Å². The number of allylic oxidation sites excluding steroid dienone is 1. The Labute approximate surface area is 159 Å². The molecule has 0 heterocycles. The van der Waals surface area contributed by atoms with Crippen LogP contribution in [0.2, 0.25) is 0 Å². The van der Waals surface area contributed by atoms with Crippen molar-refractivity contribution in [2.75, 3.05) is 18.1 Å². The van der Waals surface area contributed by atoms with Crippen molar-refractivity contribution in [2.45, 2.75) is 13.8 Å². The van der Waals surface area contributed by atoms with Crippen LogP contribution in [0.25, 0.3) is 16.7 Å². The number of carbonyl (C=O) groups is 1. The van der Waals surface area contributed by atoms with E-state index >= 15 is 0 Å². The summed E-state index contributed by atoms with van der Waals surface area (Å²) in [5, 5.41) is 2.85. The molecule has 0 spiro atoms. The van der Waals surface area contributed by atoms with Gasteiger partial charge in [0, 0.05) is 24.0 Å². The van der Waals surface area contributed by atoms with Gasteiger partial charge in [0.15, 0.2) is 0 Å². The number of nitrogens with one attached hydrogen (secondary N) is 1. The zero-order chi connectivity index (χ0) is 20.0. The predicted octanol–water partition coefficient (Wildman–Crippen LogP) is 3.05. The van der Waals surface area contributed by atoms with Crippen molar-refractivity contribution in [2.24, 2.45) is 16.5 Å². The maximum absolute atomic E-state index is 12.3. The van der Waals surface area contributed by atoms with Crippen LogP contribution < -0.4 is 22.5 Å². The molecule has 0 atom stereocenters. The van der Waals surface area contributed by atoms with E-state index in [0.29, 0.717) is 11.4 Å². The first kappa shape index (κ1) is 19.8. The van der Waals surface area contributed by atoms with E-state index in [1.165, 1.54) is 12.3 Å². The summed E-state index contributed by atoms with van der Waals surface area (Å²) >= 11 is 0. The molecule has 0 aromatic heterocycles. The molecular formula is C21H25N5O. The fourth-order valence-electron chi connectivity index (χ4n) is 2.68. The molecule has 0 saturated heterocycles. The second-order valence-corrected chi connectivity index (χ2v) is 6.10. The predicted molar refractivity (Wildman–Crippen MR) is 114 cm³/mol. The number of nitrogens with two attached hydrogens (primary N) is 3. The maximum Gasteiger partial charge on any atom is 0.273 e. The Morgan fingerprint density at radius 1 is 1.11 bits per heavy atom. The molecule has 6 heteroatoms. The van der Waals surface area contributed by atoms with Gasteiger partial charge in [-0.05, 0) is 78.9 Å². The van der Waals surface area contributed by atoms with E-state index < -0.39 is 0 Å². The van der Waals surface area contributed by atoms with E-state index in [0.717, 1.165) is 27.8 Å². The highest BCUT2D eigenvalue weighted by Gasteiger charge is 2.11. The summed E-state index contributed by atoms with van der Waals surface area (Å²) in [6, 6.07) is 11.7. The van der Waals surface area contributed by atoms with Crippen LogP contribution in [-0.4, -0.2) is 18.7 Å². The van der Waals surface area contributed by atoms with Crippen molar-refractivity contribution >= 4 is 28.6 Å². The van der Waals surface area contributed by atoms with Gasteiger partial charge in [0.1, 0.15) is 5.71 Å². The standard InChI is InChI=1S/C21H25N5O/c1-13-10-15(16-4-6-18(24)17(11-16)14(2)12-23)5-7-19(13)26-21(27)20(25-3)8-9-22/h4-12H,22-24H2,1-3H3,(H,26,27)/b9-8?,14-12-,25-20?. The normalized spacial score (nSPS) is 12.4. The molecule has 7 N–H and O–H groups in total. The Balaban J connectivity index is 2.33. The average molecular weight is 363 g/mol. The number of amides is 1. The summed E-state index contributed by atoms with van der Waals surface area (Å²) in [6.45, 7) is 3.85. The zero-order valence-electron chi connectivity index (χ0n) is 15.8. The summed E-state index contributed by atoms with van der Waals surface area (Å²) in [7, 11) is 1.54. The summed E-state index contributed by atoms with van der Waals surface area (Å²) in [5.74, 6) is -0.312. The molecule has 0 bridgehead atoms. The smallest absolute Gasteiger partial charge is 0.273 e. The molecule has 0 aliphatic carbocycles. The minimum Gasteiger partial charge on any atom is -0.405 e. The molecule has 0 radical (unpaired) electrons. The Kier molecular flexibility index (Phi) is 6.38. The third-order valence-corrected chi connectivity index (χ3v) is 4.26. The molecule has 0 unspecified atom stereocenters. The first-order chi connectivity index (χ1) is 12.9. The second-order valence-electron chi connectivity index (χ2n) is 6.10. The van der Waals surface area contributed by atoms with Crippen LogP contribution in [-0.2, 0) is 4.79 Å². The fraction of sp³-hybridized carbons (Fsp3) is 0.143. The Bertz CT molecular complexity index is 942. The van der Waals surface area contributed by atoms with Crippen molar-refractivity contribution in [1.82, 2.24) is 0 Å². The van der Waals surface area contributed by atoms with Gasteiger partial charge in [-0.1, -0.05) is 12.1 Å². The number of hydrogen-bond donors (Lipinski definition) is 4. The first-order valence-electron chi connectivity index (χ1n) is 8.47. The Morgan fingerprint density at radius 2 is 1.78 bits per heavy atom. The highest BCUT2D eigenvalue weighted by Crippen LogP contribution is 2.30. The molecule has 2 aromatic carbocycles. The van der Waals surface area contributed by atoms with Crippen molar-refractivity contribution < 1.29 is 4.79 Å². The lowest BCUT2D eigenvalue weighted by atomic mass is 9.97. The highest BCUT2D eigenvalue weighted by atomic mass is 16.1. The van der Waals surface area contributed by atoms with Crippen molar-refractivity contribution in [3.63, 3.8) is 0 Å². The number of aryl methyl sites for hydroxylation is 1. The summed E-state index contributed by atoms with van der Waals surface area (Å²) < 4.78 is 0. The van der Waals surface area contributed by atoms with Crippen LogP contribution in [0.1, 0.15) is 18.1 Å². The molecule has 1 amide bonds. The van der Waals surface area contributed by atoms with E-state index in [2.05, 4.69) is 10.3 Å². The van der Waals surface area contributed by atoms with E-state index in [1.54, 1.807) is 13.2 Å². The molecule has 0 saturated carbocycles. The topological polar surface area (TPSA) is 120 Å². The van der Waals surface area contributed by atoms with Gasteiger partial charge in [0.25, 0.3) is 5.91 Å². The number of anilines is 2. The number of aliphatic imine (C=N–C) groups is 1. The fourth-order valence-corrected chi connectivity index (χ4v) is 2.68. The molecule has 0 aliphatic heterocycles. The first-order valence-corrected chi connectivity index (χ1v) is 8.47. The Hall–Kier alpha value is -3.54. The van der Waals surface area contributed by atoms with Gasteiger partial charge >= 0.3 is 0 Å². The van der Waals surface area contributed by atoms with Gasteiger partial charge in [-0.15, -0.1) is 0 Å². The van der Waals surface area contributed by atoms with E-state index in [1.807, 2.05) is 50.2 Å². The molecular weight excluding hydrogens is 338 g/mol. The molecule has 27 heavy (non-hydrogen) atoms. The lowest BCUT2D eigenvalue weighted by Gasteiger charge is -2.12. The number of nitrogens with zero attached hydrogens (tertiary/aromatic N) is 1. The number of carbonyl (C=O) groups excluding carboxylic acids is 1. The molecule has 0 aliphatic rings. The molecule has 0 fully saturated rings. The number of nitrogen functional groups attached to an aromatic ring is 1. The minimum atomic E-state index is -0.312. The summed E-state index contributed by atoms with van der Waals surface area (Å²) in [5.41, 5.74) is 23.4. The molecule has 6 nitrogen and oxygen atoms in total. The minimum absolute atomic E-state index is 0.258. The maximum atomic E-state index is 12.3. The van der Waals surface area contributed by atoms with E-state index in [9.17, 15) is 4.79 Å². The molecule has 2 aromatic rings. The largest absolute Gasteiger partial charge is 0.405 e. The van der Waals surface area contributed by atoms with E-state index in [4.69, 9.17) is 17.2 Å². The number of rotatable bonds is 5. The van der Waals surface area contributed by atoms with Crippen LogP contribution in [0.15, 0.2) is 59.9 Å². The third kappa shape index (κ3) is 4.55. The zero-order valence-corrected chi connectivity index (χ0v) is 15.8. The number of hydrogen-bond acceptors (Lipinski definition) is 5. The number of benzene rings is 2. The van der Waals surface area contributed by atoms with Gasteiger partial charge < -0.3 is 22.5 Å². The van der Waals surface area contributed by atoms with Gasteiger partial charge in [0.05, 0.1) is 0 Å². The van der Waals surface area contributed by atoms with Crippen LogP contribution >= 0.6 is 0 Å². The van der Waals surface area contributed by atoms with Gasteiger partial charge in [-0.2, -0.15) is 0 Å². The third-order valence-electron chi connectivity index (χ3n) is 4.26. The molecule has 2 rings (SSSR count). The van der Waals surface area contributed by atoms with Crippen LogP contribution in [0, 0.1) is 6.92 Å². The quantitative estimate of drug-likeness (QED) is 0.482. The van der Waals surface area contributed by atoms with Gasteiger partial charge in [0.2, 0.25) is 0 Å². The van der Waals surface area contributed by atoms with Crippen molar-refractivity contribution in [3.8, 4) is 11.1 Å². The summed E-state index contributed by atoms with van der Waals surface area (Å²) in [6.07, 6.45) is 4.29. The lowest BCUT2D eigenvalue weighted by molar-refractivity contribution is -0.110. The van der Waals surface area contributed by atoms with Gasteiger partial charge in [-0.3, -0.25) is 9.79 Å². The van der Waals surface area contributed by atoms with Crippen molar-refractivity contribution in [3.05, 3.63) is 66.0 Å². The van der Waals surface area contributed by atoms with E-state index in [-0.39, 0.29) is 11.6 Å². The highest BCUT2D eigenvalue weighted by molar-refractivity contribution is 6.47. The van der Waals surface area contributed by atoms with Crippen LogP contribution in [0.3, 0.4) is 0 Å². The summed E-state index contributed by atoms with van der Waals surface area (Å²) in [4.78, 5) is 16.2. The Morgan fingerprint density at radius 3 is 2.37 bits per heavy atom. The monoisotopic (exact) mass is 363 g/mol. The lowest BCUT2D eigenvalue weighted by Crippen LogP contribution is -2.22. The second kappa shape index (κ2) is 8.71.